The second-order valence-electron chi connectivity index (χ2n) is 9.90. The van der Waals surface area contributed by atoms with Gasteiger partial charge in [-0.1, -0.05) is 0 Å². The summed E-state index contributed by atoms with van der Waals surface area (Å²) in [6.45, 7) is 1.98. The predicted octanol–water partition coefficient (Wildman–Crippen LogP) is 3.15. The second kappa shape index (κ2) is 9.70. The number of rotatable bonds is 7. The lowest BCUT2D eigenvalue weighted by Crippen LogP contribution is -2.58. The van der Waals surface area contributed by atoms with Gasteiger partial charge in [0.15, 0.2) is 21.4 Å². The van der Waals surface area contributed by atoms with Crippen molar-refractivity contribution < 1.29 is 31.4 Å². The van der Waals surface area contributed by atoms with Crippen LogP contribution in [0.1, 0.15) is 24.3 Å². The van der Waals surface area contributed by atoms with E-state index in [2.05, 4.69) is 24.8 Å². The van der Waals surface area contributed by atoms with E-state index in [-0.39, 0.29) is 34.5 Å². The van der Waals surface area contributed by atoms with Crippen LogP contribution in [0.15, 0.2) is 41.8 Å². The van der Waals surface area contributed by atoms with Gasteiger partial charge in [0, 0.05) is 43.6 Å². The molecule has 10 nitrogen and oxygen atoms in total. The van der Waals surface area contributed by atoms with Crippen LogP contribution in [0, 0.1) is 23.5 Å². The van der Waals surface area contributed by atoms with Crippen molar-refractivity contribution >= 4 is 15.8 Å². The van der Waals surface area contributed by atoms with Crippen molar-refractivity contribution in [2.75, 3.05) is 37.5 Å². The van der Waals surface area contributed by atoms with E-state index in [0.29, 0.717) is 38.2 Å². The average molecular weight is 546 g/mol. The lowest BCUT2D eigenvalue weighted by atomic mass is 9.84. The molecule has 13 heteroatoms. The Bertz CT molecular complexity index is 1440. The maximum Gasteiger partial charge on any atom is 0.263 e. The number of halogens is 2. The Hall–Kier alpha value is -3.45. The highest BCUT2D eigenvalue weighted by Gasteiger charge is 2.43. The summed E-state index contributed by atoms with van der Waals surface area (Å²) in [6, 6.07) is 3.08. The van der Waals surface area contributed by atoms with E-state index in [9.17, 15) is 12.8 Å². The first kappa shape index (κ1) is 24.9. The van der Waals surface area contributed by atoms with Crippen LogP contribution in [0.2, 0.25) is 0 Å². The smallest absolute Gasteiger partial charge is 0.263 e. The molecule has 1 aromatic carbocycles. The largest absolute Gasteiger partial charge is 0.471 e. The number of hydrogen-bond acceptors (Lipinski definition) is 10. The van der Waals surface area contributed by atoms with E-state index in [0.717, 1.165) is 24.7 Å². The first-order valence-corrected chi connectivity index (χ1v) is 14.1. The van der Waals surface area contributed by atoms with Crippen LogP contribution in [0.4, 0.5) is 14.7 Å². The Labute approximate surface area is 217 Å². The van der Waals surface area contributed by atoms with Crippen LogP contribution in [-0.4, -0.2) is 67.0 Å². The van der Waals surface area contributed by atoms with Gasteiger partial charge < -0.3 is 19.1 Å². The van der Waals surface area contributed by atoms with Gasteiger partial charge in [-0.3, -0.25) is 0 Å². The number of nitrogens with zero attached hydrogens (tertiary/aromatic N) is 5. The van der Waals surface area contributed by atoms with Gasteiger partial charge >= 0.3 is 0 Å². The van der Waals surface area contributed by atoms with Gasteiger partial charge in [0.2, 0.25) is 11.8 Å². The zero-order valence-corrected chi connectivity index (χ0v) is 21.3. The SMILES string of the molecule is CS(=O)(=O)c1ccc(Oc2ncnc(OC3C4COCC3CN(c3ncc(C5CC5)cn3)C4)c2F)c(F)c1. The molecule has 2 unspecified atom stereocenters. The molecule has 0 radical (unpaired) electrons. The number of ether oxygens (including phenoxy) is 3. The van der Waals surface area contributed by atoms with Crippen molar-refractivity contribution in [3.05, 3.63) is 54.1 Å². The molecule has 1 saturated carbocycles. The van der Waals surface area contributed by atoms with Crippen molar-refractivity contribution in [3.63, 3.8) is 0 Å². The van der Waals surface area contributed by atoms with Gasteiger partial charge in [-0.05, 0) is 42.5 Å². The molecule has 2 saturated heterocycles. The molecule has 2 bridgehead atoms. The van der Waals surface area contributed by atoms with Crippen molar-refractivity contribution in [3.8, 4) is 17.5 Å². The Balaban J connectivity index is 1.17. The van der Waals surface area contributed by atoms with E-state index < -0.39 is 27.4 Å². The standard InChI is InChI=1S/C25H25F2N5O5S/c1-38(33,34)18-4-5-20(19(26)6-18)36-23-21(27)24(31-13-30-23)37-22-16-9-32(10-17(22)12-35-11-16)25-28-7-15(8-29-25)14-2-3-14/h4-8,13-14,16-17,22H,2-3,9-12H2,1H3. The third kappa shape index (κ3) is 4.99. The van der Waals surface area contributed by atoms with Crippen molar-refractivity contribution in [2.45, 2.75) is 29.8 Å². The quantitative estimate of drug-likeness (QED) is 0.438. The lowest BCUT2D eigenvalue weighted by molar-refractivity contribution is -0.0782. The molecule has 6 rings (SSSR count). The van der Waals surface area contributed by atoms with Gasteiger partial charge in [0.1, 0.15) is 12.4 Å². The molecule has 2 aromatic heterocycles. The van der Waals surface area contributed by atoms with E-state index in [1.54, 1.807) is 0 Å². The average Bonchev–Trinajstić information content (AvgIpc) is 3.72. The number of piperidine rings is 1. The van der Waals surface area contributed by atoms with Gasteiger partial charge in [-0.15, -0.1) is 0 Å². The molecule has 0 spiro atoms. The Kier molecular flexibility index (Phi) is 6.34. The third-order valence-electron chi connectivity index (χ3n) is 7.00. The first-order chi connectivity index (χ1) is 18.3. The Morgan fingerprint density at radius 2 is 1.68 bits per heavy atom. The van der Waals surface area contributed by atoms with E-state index in [4.69, 9.17) is 14.2 Å². The molecule has 3 fully saturated rings. The third-order valence-corrected chi connectivity index (χ3v) is 8.11. The van der Waals surface area contributed by atoms with Crippen LogP contribution in [0.3, 0.4) is 0 Å². The molecular formula is C25H25F2N5O5S. The van der Waals surface area contributed by atoms with Crippen LogP contribution in [0.25, 0.3) is 0 Å². The molecule has 3 aliphatic rings. The molecule has 1 aliphatic carbocycles. The molecule has 200 valence electrons. The highest BCUT2D eigenvalue weighted by atomic mass is 32.2. The summed E-state index contributed by atoms with van der Waals surface area (Å²) < 4.78 is 70.1. The Morgan fingerprint density at radius 3 is 2.32 bits per heavy atom. The molecule has 4 heterocycles. The number of aromatic nitrogens is 4. The number of fused-ring (bicyclic) bond motifs is 2. The summed E-state index contributed by atoms with van der Waals surface area (Å²) in [5.74, 6) is -2.14. The molecule has 38 heavy (non-hydrogen) atoms. The monoisotopic (exact) mass is 545 g/mol. The highest BCUT2D eigenvalue weighted by molar-refractivity contribution is 7.90. The zero-order valence-electron chi connectivity index (χ0n) is 20.5. The number of benzene rings is 1. The van der Waals surface area contributed by atoms with Crippen molar-refractivity contribution in [1.82, 2.24) is 19.9 Å². The maximum atomic E-state index is 15.3. The van der Waals surface area contributed by atoms with Crippen LogP contribution >= 0.6 is 0 Å². The van der Waals surface area contributed by atoms with Crippen LogP contribution in [0.5, 0.6) is 17.5 Å². The van der Waals surface area contributed by atoms with Gasteiger partial charge in [0.05, 0.1) is 18.1 Å². The molecule has 2 aliphatic heterocycles. The molecule has 0 amide bonds. The molecular weight excluding hydrogens is 520 g/mol. The predicted molar refractivity (Wildman–Crippen MR) is 130 cm³/mol. The first-order valence-electron chi connectivity index (χ1n) is 12.3. The minimum Gasteiger partial charge on any atom is -0.471 e. The Morgan fingerprint density at radius 1 is 1.00 bits per heavy atom. The minimum atomic E-state index is -3.62. The fraction of sp³-hybridized carbons (Fsp3) is 0.440. The van der Waals surface area contributed by atoms with E-state index >= 15 is 4.39 Å². The molecule has 0 N–H and O–H groups in total. The van der Waals surface area contributed by atoms with Crippen molar-refractivity contribution in [1.29, 1.82) is 0 Å². The van der Waals surface area contributed by atoms with E-state index in [1.165, 1.54) is 24.5 Å². The number of sulfone groups is 1. The lowest BCUT2D eigenvalue weighted by Gasteiger charge is -2.46. The molecule has 2 atom stereocenters. The molecule has 3 aromatic rings. The highest BCUT2D eigenvalue weighted by Crippen LogP contribution is 2.40. The van der Waals surface area contributed by atoms with Crippen LogP contribution < -0.4 is 14.4 Å². The normalized spacial score (nSPS) is 23.2. The fourth-order valence-electron chi connectivity index (χ4n) is 4.90. The number of hydrogen-bond donors (Lipinski definition) is 0. The van der Waals surface area contributed by atoms with Gasteiger partial charge in [-0.2, -0.15) is 14.4 Å². The van der Waals surface area contributed by atoms with Crippen LogP contribution in [-0.2, 0) is 14.6 Å². The summed E-state index contributed by atoms with van der Waals surface area (Å²) in [7, 11) is -3.62. The van der Waals surface area contributed by atoms with Gasteiger partial charge in [-0.25, -0.2) is 22.8 Å². The summed E-state index contributed by atoms with van der Waals surface area (Å²) in [5, 5.41) is 0. The number of anilines is 1. The van der Waals surface area contributed by atoms with E-state index in [1.807, 2.05) is 12.4 Å². The van der Waals surface area contributed by atoms with Crippen molar-refractivity contribution in [2.24, 2.45) is 11.8 Å². The summed E-state index contributed by atoms with van der Waals surface area (Å²) >= 11 is 0. The fourth-order valence-corrected chi connectivity index (χ4v) is 5.53. The minimum absolute atomic E-state index is 0.0890. The topological polar surface area (TPSA) is 117 Å². The maximum absolute atomic E-state index is 15.3. The zero-order chi connectivity index (χ0) is 26.4. The summed E-state index contributed by atoms with van der Waals surface area (Å²) in [4.78, 5) is 18.7. The summed E-state index contributed by atoms with van der Waals surface area (Å²) in [6.07, 6.45) is 7.79. The summed E-state index contributed by atoms with van der Waals surface area (Å²) in [5.41, 5.74) is 1.17. The van der Waals surface area contributed by atoms with Gasteiger partial charge in [0.25, 0.3) is 11.8 Å². The second-order valence-corrected chi connectivity index (χ2v) is 11.9.